The average molecular weight is 417 g/mol. The third-order valence-electron chi connectivity index (χ3n) is 5.29. The molecule has 0 bridgehead atoms. The summed E-state index contributed by atoms with van der Waals surface area (Å²) in [5, 5.41) is 2.15. The lowest BCUT2D eigenvalue weighted by Gasteiger charge is -2.43. The third-order valence-corrected chi connectivity index (χ3v) is 10.3. The minimum absolute atomic E-state index is 0.149. The first-order chi connectivity index (χ1) is 13.7. The van der Waals surface area contributed by atoms with Crippen molar-refractivity contribution in [1.29, 1.82) is 0 Å². The fraction of sp³-hybridized carbons (Fsp3) is 0.435. The second-order valence-corrected chi connectivity index (χ2v) is 12.8. The molecule has 29 heavy (non-hydrogen) atoms. The van der Waals surface area contributed by atoms with Gasteiger partial charge in [-0.05, 0) is 15.4 Å². The lowest BCUT2D eigenvalue weighted by Crippen LogP contribution is -2.67. The van der Waals surface area contributed by atoms with Crippen LogP contribution in [0.1, 0.15) is 34.1 Å². The van der Waals surface area contributed by atoms with Crippen LogP contribution in [0.3, 0.4) is 0 Å². The van der Waals surface area contributed by atoms with Gasteiger partial charge in [0.05, 0.1) is 12.7 Å². The molecule has 2 aromatic carbocycles. The number of halogens is 1. The zero-order valence-electron chi connectivity index (χ0n) is 17.4. The molecular weight excluding hydrogens is 387 g/mol. The van der Waals surface area contributed by atoms with E-state index in [2.05, 4.69) is 45.0 Å². The smallest absolute Gasteiger partial charge is 0.305 e. The summed E-state index contributed by atoms with van der Waals surface area (Å²) in [5.74, 6) is -0.550. The van der Waals surface area contributed by atoms with Crippen molar-refractivity contribution in [3.63, 3.8) is 0 Å². The molecule has 0 radical (unpaired) electrons. The number of benzene rings is 2. The molecule has 1 fully saturated rings. The predicted octanol–water partition coefficient (Wildman–Crippen LogP) is 3.58. The minimum atomic E-state index is -2.70. The summed E-state index contributed by atoms with van der Waals surface area (Å²) in [6.07, 6.45) is -2.81. The molecule has 1 aliphatic rings. The summed E-state index contributed by atoms with van der Waals surface area (Å²) in [6.45, 7) is 8.06. The maximum atomic E-state index is 14.3. The zero-order chi connectivity index (χ0) is 21.1. The third kappa shape index (κ3) is 4.60. The van der Waals surface area contributed by atoms with Crippen molar-refractivity contribution >= 4 is 24.7 Å². The molecule has 4 nitrogen and oxygen atoms in total. The summed E-state index contributed by atoms with van der Waals surface area (Å²) in [6, 6.07) is 20.5. The van der Waals surface area contributed by atoms with E-state index >= 15 is 0 Å². The Balaban J connectivity index is 1.92. The molecule has 2 aromatic rings. The van der Waals surface area contributed by atoms with Gasteiger partial charge in [0.1, 0.15) is 0 Å². The molecule has 1 unspecified atom stereocenters. The number of carbonyl (C=O) groups is 1. The molecule has 0 spiro atoms. The Hall–Kier alpha value is -2.02. The standard InChI is InChI=1S/C23H29FO4Si/c1-17(25)27-22-21(24)15-18(28-22)16-26-29(23(2,3)4,19-11-7-5-8-12-19)20-13-9-6-10-14-20/h5-14,18,21-22H,15-16H2,1-4H3/t18-,21?,22+/m1/s1. The van der Waals surface area contributed by atoms with Crippen LogP contribution in [0.25, 0.3) is 0 Å². The Morgan fingerprint density at radius 3 is 2.03 bits per heavy atom. The van der Waals surface area contributed by atoms with Crippen molar-refractivity contribution in [3.8, 4) is 0 Å². The number of alkyl halides is 1. The first-order valence-corrected chi connectivity index (χ1v) is 11.9. The fourth-order valence-electron chi connectivity index (χ4n) is 4.04. The Labute approximate surface area is 173 Å². The van der Waals surface area contributed by atoms with Crippen molar-refractivity contribution in [2.45, 2.75) is 57.7 Å². The van der Waals surface area contributed by atoms with Crippen molar-refractivity contribution in [3.05, 3.63) is 60.7 Å². The lowest BCUT2D eigenvalue weighted by molar-refractivity contribution is -0.181. The Morgan fingerprint density at radius 2 is 1.59 bits per heavy atom. The normalized spacial score (nSPS) is 22.4. The fourth-order valence-corrected chi connectivity index (χ4v) is 8.64. The number of hydrogen-bond acceptors (Lipinski definition) is 4. The Kier molecular flexibility index (Phi) is 6.56. The van der Waals surface area contributed by atoms with E-state index in [0.29, 0.717) is 0 Å². The first-order valence-electron chi connectivity index (χ1n) is 9.96. The number of esters is 1. The molecule has 0 aliphatic carbocycles. The van der Waals surface area contributed by atoms with Gasteiger partial charge in [-0.1, -0.05) is 81.4 Å². The monoisotopic (exact) mass is 416 g/mol. The molecule has 3 atom stereocenters. The molecule has 1 saturated heterocycles. The highest BCUT2D eigenvalue weighted by molar-refractivity contribution is 6.99. The van der Waals surface area contributed by atoms with Gasteiger partial charge in [-0.15, -0.1) is 0 Å². The van der Waals surface area contributed by atoms with E-state index in [9.17, 15) is 9.18 Å². The van der Waals surface area contributed by atoms with Gasteiger partial charge in [-0.25, -0.2) is 4.39 Å². The van der Waals surface area contributed by atoms with Gasteiger partial charge in [-0.3, -0.25) is 4.79 Å². The van der Waals surface area contributed by atoms with Gasteiger partial charge >= 0.3 is 5.97 Å². The summed E-state index contributed by atoms with van der Waals surface area (Å²) < 4.78 is 31.6. The van der Waals surface area contributed by atoms with E-state index in [1.54, 1.807) is 0 Å². The molecule has 0 saturated carbocycles. The van der Waals surface area contributed by atoms with Gasteiger partial charge in [0, 0.05) is 13.3 Å². The topological polar surface area (TPSA) is 44.8 Å². The van der Waals surface area contributed by atoms with E-state index < -0.39 is 32.9 Å². The molecule has 0 aromatic heterocycles. The lowest BCUT2D eigenvalue weighted by atomic mass is 10.2. The Morgan fingerprint density at radius 1 is 1.07 bits per heavy atom. The second kappa shape index (κ2) is 8.77. The van der Waals surface area contributed by atoms with Gasteiger partial charge in [0.25, 0.3) is 8.32 Å². The van der Waals surface area contributed by atoms with Gasteiger partial charge in [0.2, 0.25) is 6.29 Å². The maximum absolute atomic E-state index is 14.3. The maximum Gasteiger partial charge on any atom is 0.305 e. The number of ether oxygens (including phenoxy) is 2. The molecule has 0 amide bonds. The highest BCUT2D eigenvalue weighted by atomic mass is 28.4. The summed E-state index contributed by atoms with van der Waals surface area (Å²) in [4.78, 5) is 11.2. The van der Waals surface area contributed by atoms with Crippen molar-refractivity contribution in [2.75, 3.05) is 6.61 Å². The predicted molar refractivity (Wildman–Crippen MR) is 114 cm³/mol. The van der Waals surface area contributed by atoms with Crippen molar-refractivity contribution in [2.24, 2.45) is 0 Å². The molecule has 6 heteroatoms. The molecule has 1 heterocycles. The van der Waals surface area contributed by atoms with Crippen LogP contribution in [0.15, 0.2) is 60.7 Å². The van der Waals surface area contributed by atoms with E-state index in [-0.39, 0.29) is 18.1 Å². The van der Waals surface area contributed by atoms with Gasteiger partial charge in [0.15, 0.2) is 6.17 Å². The van der Waals surface area contributed by atoms with Gasteiger partial charge < -0.3 is 13.9 Å². The van der Waals surface area contributed by atoms with Crippen LogP contribution in [0, 0.1) is 0 Å². The highest BCUT2D eigenvalue weighted by Gasteiger charge is 2.51. The zero-order valence-corrected chi connectivity index (χ0v) is 18.4. The van der Waals surface area contributed by atoms with E-state index in [1.165, 1.54) is 6.92 Å². The second-order valence-electron chi connectivity index (χ2n) is 8.46. The van der Waals surface area contributed by atoms with Crippen LogP contribution in [0.4, 0.5) is 4.39 Å². The quantitative estimate of drug-likeness (QED) is 0.533. The summed E-state index contributed by atoms with van der Waals surface area (Å²) >= 11 is 0. The molecular formula is C23H29FO4Si. The first kappa shape index (κ1) is 21.7. The van der Waals surface area contributed by atoms with Crippen molar-refractivity contribution in [1.82, 2.24) is 0 Å². The molecule has 1 aliphatic heterocycles. The minimum Gasteiger partial charge on any atom is -0.433 e. The largest absolute Gasteiger partial charge is 0.433 e. The SMILES string of the molecule is CC(=O)O[C@H]1O[C@@H](CO[Si](c2ccccc2)(c2ccccc2)C(C)(C)C)CC1F. The van der Waals surface area contributed by atoms with E-state index in [4.69, 9.17) is 13.9 Å². The molecule has 156 valence electrons. The average Bonchev–Trinajstić information content (AvgIpc) is 3.01. The van der Waals surface area contributed by atoms with Crippen LogP contribution in [-0.4, -0.2) is 39.5 Å². The van der Waals surface area contributed by atoms with Crippen LogP contribution >= 0.6 is 0 Å². The van der Waals surface area contributed by atoms with E-state index in [0.717, 1.165) is 10.4 Å². The summed E-state index contributed by atoms with van der Waals surface area (Å²) in [5.41, 5.74) is 0. The van der Waals surface area contributed by atoms with Crippen LogP contribution in [0.5, 0.6) is 0 Å². The molecule has 3 rings (SSSR count). The highest BCUT2D eigenvalue weighted by Crippen LogP contribution is 2.37. The Bertz CT molecular complexity index is 767. The number of rotatable bonds is 6. The molecule has 0 N–H and O–H groups in total. The summed E-state index contributed by atoms with van der Waals surface area (Å²) in [7, 11) is -2.70. The van der Waals surface area contributed by atoms with Crippen LogP contribution in [0.2, 0.25) is 5.04 Å². The van der Waals surface area contributed by atoms with Crippen LogP contribution < -0.4 is 10.4 Å². The van der Waals surface area contributed by atoms with Gasteiger partial charge in [-0.2, -0.15) is 0 Å². The number of hydrogen-bond donors (Lipinski definition) is 0. The van der Waals surface area contributed by atoms with E-state index in [1.807, 2.05) is 36.4 Å². The van der Waals surface area contributed by atoms with Crippen LogP contribution in [-0.2, 0) is 18.7 Å². The van der Waals surface area contributed by atoms with Crippen molar-refractivity contribution < 1.29 is 23.1 Å². The number of carbonyl (C=O) groups excluding carboxylic acids is 1.